The number of methoxy groups -OCH3 is 1. The largest absolute Gasteiger partial charge is 0.382 e. The molecule has 0 aliphatic carbocycles. The van der Waals surface area contributed by atoms with Crippen molar-refractivity contribution in [3.8, 4) is 0 Å². The molecule has 0 fully saturated rings. The minimum absolute atomic E-state index is 0.656. The van der Waals surface area contributed by atoms with E-state index in [4.69, 9.17) is 21.7 Å². The molecule has 5 heteroatoms. The maximum absolute atomic E-state index is 5.33. The average molecular weight is 216 g/mol. The Morgan fingerprint density at radius 2 is 2.29 bits per heavy atom. The van der Waals surface area contributed by atoms with Gasteiger partial charge in [0.2, 0.25) is 0 Å². The summed E-state index contributed by atoms with van der Waals surface area (Å²) in [5, 5.41) is 0. The lowest BCUT2D eigenvalue weighted by Gasteiger charge is -2.04. The normalized spacial score (nSPS) is 10.6. The van der Waals surface area contributed by atoms with E-state index >= 15 is 0 Å². The van der Waals surface area contributed by atoms with Crippen LogP contribution in [0, 0.1) is 4.77 Å². The summed E-state index contributed by atoms with van der Waals surface area (Å²) in [6.07, 6.45) is 4.75. The zero-order valence-electron chi connectivity index (χ0n) is 8.36. The van der Waals surface area contributed by atoms with E-state index in [1.807, 2.05) is 17.0 Å². The molecule has 80 valence electrons. The van der Waals surface area contributed by atoms with Crippen LogP contribution in [0.15, 0.2) is 12.4 Å². The highest BCUT2D eigenvalue weighted by molar-refractivity contribution is 7.71. The molecule has 14 heavy (non-hydrogen) atoms. The number of aromatic nitrogens is 2. The van der Waals surface area contributed by atoms with Gasteiger partial charge in [-0.15, -0.1) is 0 Å². The summed E-state index contributed by atoms with van der Waals surface area (Å²) < 4.78 is 13.0. The molecule has 1 heterocycles. The van der Waals surface area contributed by atoms with Gasteiger partial charge < -0.3 is 19.0 Å². The predicted molar refractivity (Wildman–Crippen MR) is 56.9 cm³/mol. The maximum atomic E-state index is 5.33. The average Bonchev–Trinajstić information content (AvgIpc) is 2.58. The van der Waals surface area contributed by atoms with Crippen molar-refractivity contribution in [2.75, 3.05) is 26.9 Å². The van der Waals surface area contributed by atoms with Gasteiger partial charge in [-0.2, -0.15) is 0 Å². The molecule has 0 spiro atoms. The van der Waals surface area contributed by atoms with Gasteiger partial charge in [0, 0.05) is 32.7 Å². The van der Waals surface area contributed by atoms with Crippen LogP contribution in [0.5, 0.6) is 0 Å². The number of hydrogen-bond acceptors (Lipinski definition) is 3. The highest BCUT2D eigenvalue weighted by Gasteiger charge is 1.93. The lowest BCUT2D eigenvalue weighted by molar-refractivity contribution is 0.0680. The first-order valence-corrected chi connectivity index (χ1v) is 5.06. The molecule has 1 aromatic rings. The van der Waals surface area contributed by atoms with Crippen LogP contribution in [0.25, 0.3) is 0 Å². The van der Waals surface area contributed by atoms with Gasteiger partial charge in [0.05, 0.1) is 13.2 Å². The standard InChI is InChI=1S/C9H16N2O2S/c1-12-7-8-13-6-2-4-11-5-3-10-9(11)14/h3,5H,2,4,6-8H2,1H3,(H,10,14). The number of hydrogen-bond donors (Lipinski definition) is 1. The molecule has 0 atom stereocenters. The van der Waals surface area contributed by atoms with Crippen LogP contribution in [0.4, 0.5) is 0 Å². The third-order valence-electron chi connectivity index (χ3n) is 1.84. The molecule has 1 rings (SSSR count). The second kappa shape index (κ2) is 6.75. The quantitative estimate of drug-likeness (QED) is 0.556. The van der Waals surface area contributed by atoms with Crippen molar-refractivity contribution >= 4 is 12.2 Å². The van der Waals surface area contributed by atoms with E-state index in [-0.39, 0.29) is 0 Å². The van der Waals surface area contributed by atoms with E-state index in [2.05, 4.69) is 4.98 Å². The number of imidazole rings is 1. The fraction of sp³-hybridized carbons (Fsp3) is 0.667. The van der Waals surface area contributed by atoms with E-state index in [0.717, 1.165) is 24.3 Å². The zero-order valence-corrected chi connectivity index (χ0v) is 9.18. The SMILES string of the molecule is COCCOCCCn1cc[nH]c1=S. The van der Waals surface area contributed by atoms with Gasteiger partial charge in [0.15, 0.2) is 4.77 Å². The number of H-pyrrole nitrogens is 1. The molecule has 0 saturated heterocycles. The first-order valence-electron chi connectivity index (χ1n) is 4.65. The Kier molecular flexibility index (Phi) is 5.51. The van der Waals surface area contributed by atoms with Crippen LogP contribution >= 0.6 is 12.2 Å². The molecular formula is C9H16N2O2S. The van der Waals surface area contributed by atoms with Crippen molar-refractivity contribution < 1.29 is 9.47 Å². The number of nitrogens with one attached hydrogen (secondary N) is 1. The van der Waals surface area contributed by atoms with Gasteiger partial charge in [-0.05, 0) is 18.6 Å². The molecule has 0 saturated carbocycles. The summed E-state index contributed by atoms with van der Waals surface area (Å²) >= 11 is 5.05. The van der Waals surface area contributed by atoms with Crippen molar-refractivity contribution in [2.45, 2.75) is 13.0 Å². The van der Waals surface area contributed by atoms with Crippen LogP contribution in [0.2, 0.25) is 0 Å². The Balaban J connectivity index is 2.05. The first kappa shape index (κ1) is 11.4. The van der Waals surface area contributed by atoms with Crippen molar-refractivity contribution in [2.24, 2.45) is 0 Å². The summed E-state index contributed by atoms with van der Waals surface area (Å²) in [6, 6.07) is 0. The van der Waals surface area contributed by atoms with Crippen molar-refractivity contribution in [3.05, 3.63) is 17.2 Å². The summed E-state index contributed by atoms with van der Waals surface area (Å²) in [5.74, 6) is 0. The Hall–Kier alpha value is -0.650. The lowest BCUT2D eigenvalue weighted by Crippen LogP contribution is -2.05. The van der Waals surface area contributed by atoms with Gasteiger partial charge in [-0.3, -0.25) is 0 Å². The van der Waals surface area contributed by atoms with Crippen LogP contribution in [-0.2, 0) is 16.0 Å². The number of nitrogens with zero attached hydrogens (tertiary/aromatic N) is 1. The third-order valence-corrected chi connectivity index (χ3v) is 2.19. The Labute approximate surface area is 88.8 Å². The summed E-state index contributed by atoms with van der Waals surface area (Å²) in [4.78, 5) is 2.95. The molecule has 0 aromatic carbocycles. The highest BCUT2D eigenvalue weighted by atomic mass is 32.1. The molecule has 0 radical (unpaired) electrons. The van der Waals surface area contributed by atoms with Crippen LogP contribution in [-0.4, -0.2) is 36.5 Å². The number of aryl methyl sites for hydroxylation is 1. The van der Waals surface area contributed by atoms with E-state index in [0.29, 0.717) is 13.2 Å². The number of aromatic amines is 1. The van der Waals surface area contributed by atoms with E-state index < -0.39 is 0 Å². The molecule has 0 aliphatic rings. The van der Waals surface area contributed by atoms with Gasteiger partial charge in [0.25, 0.3) is 0 Å². The van der Waals surface area contributed by atoms with Gasteiger partial charge in [-0.25, -0.2) is 0 Å². The second-order valence-electron chi connectivity index (χ2n) is 2.92. The van der Waals surface area contributed by atoms with E-state index in [1.165, 1.54) is 0 Å². The Morgan fingerprint density at radius 1 is 1.43 bits per heavy atom. The minimum Gasteiger partial charge on any atom is -0.382 e. The fourth-order valence-electron chi connectivity index (χ4n) is 1.11. The zero-order chi connectivity index (χ0) is 10.2. The second-order valence-corrected chi connectivity index (χ2v) is 3.30. The smallest absolute Gasteiger partial charge is 0.177 e. The van der Waals surface area contributed by atoms with Crippen molar-refractivity contribution in [3.63, 3.8) is 0 Å². The Morgan fingerprint density at radius 3 is 2.93 bits per heavy atom. The molecule has 1 N–H and O–H groups in total. The summed E-state index contributed by atoms with van der Waals surface area (Å²) in [7, 11) is 1.67. The van der Waals surface area contributed by atoms with Gasteiger partial charge in [-0.1, -0.05) is 0 Å². The number of ether oxygens (including phenoxy) is 2. The molecule has 0 unspecified atom stereocenters. The van der Waals surface area contributed by atoms with Gasteiger partial charge >= 0.3 is 0 Å². The van der Waals surface area contributed by atoms with Crippen molar-refractivity contribution in [1.82, 2.24) is 9.55 Å². The van der Waals surface area contributed by atoms with Crippen LogP contribution in [0.1, 0.15) is 6.42 Å². The Bertz CT molecular complexity index is 295. The molecule has 0 aliphatic heterocycles. The van der Waals surface area contributed by atoms with Crippen LogP contribution < -0.4 is 0 Å². The predicted octanol–water partition coefficient (Wildman–Crippen LogP) is 1.60. The summed E-state index contributed by atoms with van der Waals surface area (Å²) in [6.45, 7) is 2.96. The van der Waals surface area contributed by atoms with Crippen molar-refractivity contribution in [1.29, 1.82) is 0 Å². The maximum Gasteiger partial charge on any atom is 0.177 e. The highest BCUT2D eigenvalue weighted by Crippen LogP contribution is 1.94. The molecule has 1 aromatic heterocycles. The topological polar surface area (TPSA) is 39.2 Å². The lowest BCUT2D eigenvalue weighted by atomic mass is 10.4. The molecule has 0 bridgehead atoms. The fourth-order valence-corrected chi connectivity index (χ4v) is 1.33. The van der Waals surface area contributed by atoms with E-state index in [1.54, 1.807) is 7.11 Å². The third kappa shape index (κ3) is 4.04. The monoisotopic (exact) mass is 216 g/mol. The molecular weight excluding hydrogens is 200 g/mol. The minimum atomic E-state index is 0.656. The number of rotatable bonds is 7. The summed E-state index contributed by atoms with van der Waals surface area (Å²) in [5.41, 5.74) is 0. The van der Waals surface area contributed by atoms with Crippen LogP contribution in [0.3, 0.4) is 0 Å². The molecule has 0 amide bonds. The first-order chi connectivity index (χ1) is 6.84. The van der Waals surface area contributed by atoms with E-state index in [9.17, 15) is 0 Å². The molecule has 4 nitrogen and oxygen atoms in total. The van der Waals surface area contributed by atoms with Gasteiger partial charge in [0.1, 0.15) is 0 Å².